The first-order chi connectivity index (χ1) is 9.27. The maximum absolute atomic E-state index is 13.6. The minimum atomic E-state index is -1.15. The van der Waals surface area contributed by atoms with E-state index in [2.05, 4.69) is 26.1 Å². The molecule has 0 aliphatic heterocycles. The maximum atomic E-state index is 13.6. The molecular formula is C16H22F3N. The zero-order valence-electron chi connectivity index (χ0n) is 12.3. The van der Waals surface area contributed by atoms with Crippen LogP contribution in [0.4, 0.5) is 18.9 Å². The number of hydrogen-bond acceptors (Lipinski definition) is 1. The van der Waals surface area contributed by atoms with Gasteiger partial charge in [-0.3, -0.25) is 0 Å². The third kappa shape index (κ3) is 3.47. The lowest BCUT2D eigenvalue weighted by Gasteiger charge is -2.37. The number of rotatable bonds is 2. The summed E-state index contributed by atoms with van der Waals surface area (Å²) in [7, 11) is 0. The Balaban J connectivity index is 1.98. The molecule has 1 aliphatic carbocycles. The molecule has 0 amide bonds. The first-order valence-corrected chi connectivity index (χ1v) is 7.18. The minimum absolute atomic E-state index is 0.0584. The second-order valence-electron chi connectivity index (χ2n) is 6.81. The third-order valence-electron chi connectivity index (χ3n) is 4.32. The Kier molecular flexibility index (Phi) is 4.31. The Labute approximate surface area is 118 Å². The fraction of sp³-hybridized carbons (Fsp3) is 0.625. The van der Waals surface area contributed by atoms with E-state index in [0.717, 1.165) is 31.7 Å². The summed E-state index contributed by atoms with van der Waals surface area (Å²) in [4.78, 5) is 0. The van der Waals surface area contributed by atoms with Gasteiger partial charge >= 0.3 is 0 Å². The van der Waals surface area contributed by atoms with Gasteiger partial charge in [-0.1, -0.05) is 20.8 Å². The molecule has 0 spiro atoms. The van der Waals surface area contributed by atoms with Gasteiger partial charge in [0.1, 0.15) is 5.82 Å². The molecule has 1 aromatic carbocycles. The van der Waals surface area contributed by atoms with Gasteiger partial charge in [0.15, 0.2) is 11.6 Å². The second kappa shape index (κ2) is 5.66. The highest BCUT2D eigenvalue weighted by atomic mass is 19.2. The van der Waals surface area contributed by atoms with E-state index in [1.54, 1.807) is 0 Å². The molecule has 1 aliphatic rings. The Bertz CT molecular complexity index is 471. The summed E-state index contributed by atoms with van der Waals surface area (Å²) in [6.45, 7) is 6.71. The van der Waals surface area contributed by atoms with Crippen LogP contribution in [0.3, 0.4) is 0 Å². The molecule has 1 N–H and O–H groups in total. The molecule has 20 heavy (non-hydrogen) atoms. The maximum Gasteiger partial charge on any atom is 0.161 e. The van der Waals surface area contributed by atoms with Gasteiger partial charge in [-0.25, -0.2) is 13.2 Å². The third-order valence-corrected chi connectivity index (χ3v) is 4.32. The van der Waals surface area contributed by atoms with Gasteiger partial charge in [-0.2, -0.15) is 0 Å². The van der Waals surface area contributed by atoms with Gasteiger partial charge < -0.3 is 5.32 Å². The number of hydrogen-bond donors (Lipinski definition) is 1. The molecule has 0 aromatic heterocycles. The van der Waals surface area contributed by atoms with Crippen molar-refractivity contribution in [1.82, 2.24) is 0 Å². The van der Waals surface area contributed by atoms with Crippen molar-refractivity contribution in [1.29, 1.82) is 0 Å². The quantitative estimate of drug-likeness (QED) is 0.744. The summed E-state index contributed by atoms with van der Waals surface area (Å²) in [5.74, 6) is -2.24. The van der Waals surface area contributed by atoms with Crippen molar-refractivity contribution < 1.29 is 13.2 Å². The molecule has 0 heterocycles. The van der Waals surface area contributed by atoms with Crippen LogP contribution in [-0.4, -0.2) is 6.04 Å². The summed E-state index contributed by atoms with van der Waals surface area (Å²) >= 11 is 0. The zero-order valence-corrected chi connectivity index (χ0v) is 12.3. The lowest BCUT2D eigenvalue weighted by atomic mass is 9.71. The van der Waals surface area contributed by atoms with Crippen LogP contribution < -0.4 is 5.32 Å². The van der Waals surface area contributed by atoms with Crippen molar-refractivity contribution in [3.05, 3.63) is 29.6 Å². The van der Waals surface area contributed by atoms with E-state index in [1.165, 1.54) is 0 Å². The van der Waals surface area contributed by atoms with E-state index in [0.29, 0.717) is 12.0 Å². The molecule has 4 heteroatoms. The molecule has 0 atom stereocenters. The average Bonchev–Trinajstić information content (AvgIpc) is 2.35. The Morgan fingerprint density at radius 3 is 2.00 bits per heavy atom. The predicted octanol–water partition coefficient (Wildman–Crippen LogP) is 5.12. The largest absolute Gasteiger partial charge is 0.380 e. The van der Waals surface area contributed by atoms with Crippen LogP contribution in [0.25, 0.3) is 0 Å². The summed E-state index contributed by atoms with van der Waals surface area (Å²) in [5, 5.41) is 3.01. The molecule has 1 saturated carbocycles. The smallest absolute Gasteiger partial charge is 0.161 e. The average molecular weight is 285 g/mol. The van der Waals surface area contributed by atoms with Crippen molar-refractivity contribution in [2.45, 2.75) is 52.5 Å². The van der Waals surface area contributed by atoms with Crippen LogP contribution in [0.5, 0.6) is 0 Å². The summed E-state index contributed by atoms with van der Waals surface area (Å²) < 4.78 is 39.6. The first kappa shape index (κ1) is 15.2. The number of halogens is 3. The van der Waals surface area contributed by atoms with E-state index < -0.39 is 17.5 Å². The Morgan fingerprint density at radius 2 is 1.45 bits per heavy atom. The van der Waals surface area contributed by atoms with E-state index in [9.17, 15) is 13.2 Å². The van der Waals surface area contributed by atoms with Crippen LogP contribution in [0, 0.1) is 28.8 Å². The van der Waals surface area contributed by atoms with E-state index in [1.807, 2.05) is 0 Å². The van der Waals surface area contributed by atoms with Gasteiger partial charge in [-0.15, -0.1) is 0 Å². The summed E-state index contributed by atoms with van der Waals surface area (Å²) in [6.07, 6.45) is 4.01. The molecule has 0 bridgehead atoms. The van der Waals surface area contributed by atoms with Crippen LogP contribution in [0.1, 0.15) is 46.5 Å². The molecular weight excluding hydrogens is 263 g/mol. The van der Waals surface area contributed by atoms with E-state index >= 15 is 0 Å². The highest BCUT2D eigenvalue weighted by Crippen LogP contribution is 2.38. The normalized spacial score (nSPS) is 23.7. The Morgan fingerprint density at radius 1 is 0.900 bits per heavy atom. The molecule has 1 nitrogen and oxygen atoms in total. The Hall–Kier alpha value is -1.19. The van der Waals surface area contributed by atoms with Gasteiger partial charge in [0.25, 0.3) is 0 Å². The van der Waals surface area contributed by atoms with Crippen LogP contribution >= 0.6 is 0 Å². The molecule has 0 saturated heterocycles. The highest BCUT2D eigenvalue weighted by Gasteiger charge is 2.29. The van der Waals surface area contributed by atoms with Crippen LogP contribution in [0.2, 0.25) is 0 Å². The molecule has 0 radical (unpaired) electrons. The monoisotopic (exact) mass is 285 g/mol. The SMILES string of the molecule is CC(C)(C)C1CCC(Nc2cc(F)c(F)cc2F)CC1. The van der Waals surface area contributed by atoms with Crippen molar-refractivity contribution in [2.75, 3.05) is 5.32 Å². The van der Waals surface area contributed by atoms with Crippen LogP contribution in [-0.2, 0) is 0 Å². The van der Waals surface area contributed by atoms with Gasteiger partial charge in [0.2, 0.25) is 0 Å². The number of benzene rings is 1. The van der Waals surface area contributed by atoms with Crippen molar-refractivity contribution in [3.8, 4) is 0 Å². The second-order valence-corrected chi connectivity index (χ2v) is 6.81. The van der Waals surface area contributed by atoms with Crippen LogP contribution in [0.15, 0.2) is 12.1 Å². The molecule has 1 aromatic rings. The summed E-state index contributed by atoms with van der Waals surface area (Å²) in [5.41, 5.74) is 0.348. The van der Waals surface area contributed by atoms with Crippen molar-refractivity contribution in [3.63, 3.8) is 0 Å². The van der Waals surface area contributed by atoms with E-state index in [4.69, 9.17) is 0 Å². The fourth-order valence-electron chi connectivity index (χ4n) is 2.96. The van der Waals surface area contributed by atoms with Crippen molar-refractivity contribution in [2.24, 2.45) is 11.3 Å². The van der Waals surface area contributed by atoms with Gasteiger partial charge in [-0.05, 0) is 37.0 Å². The lowest BCUT2D eigenvalue weighted by molar-refractivity contribution is 0.173. The number of anilines is 1. The topological polar surface area (TPSA) is 12.0 Å². The molecule has 0 unspecified atom stereocenters. The lowest BCUT2D eigenvalue weighted by Crippen LogP contribution is -2.31. The standard InChI is InChI=1S/C16H22F3N/c1-16(2,3)10-4-6-11(7-5-10)20-15-9-13(18)12(17)8-14(15)19/h8-11,20H,4-7H2,1-3H3. The van der Waals surface area contributed by atoms with Gasteiger partial charge in [0.05, 0.1) is 5.69 Å². The van der Waals surface area contributed by atoms with Gasteiger partial charge in [0, 0.05) is 18.2 Å². The predicted molar refractivity (Wildman–Crippen MR) is 75.1 cm³/mol. The fourth-order valence-corrected chi connectivity index (χ4v) is 2.96. The molecule has 112 valence electrons. The van der Waals surface area contributed by atoms with Crippen molar-refractivity contribution >= 4 is 5.69 Å². The van der Waals surface area contributed by atoms with E-state index in [-0.39, 0.29) is 17.1 Å². The molecule has 2 rings (SSSR count). The highest BCUT2D eigenvalue weighted by molar-refractivity contribution is 5.46. The minimum Gasteiger partial charge on any atom is -0.380 e. The first-order valence-electron chi connectivity index (χ1n) is 7.18. The summed E-state index contributed by atoms with van der Waals surface area (Å²) in [6, 6.07) is 1.63. The molecule has 1 fully saturated rings. The zero-order chi connectivity index (χ0) is 14.9. The number of nitrogens with one attached hydrogen (secondary N) is 1.